The molecule has 106 valence electrons. The van der Waals surface area contributed by atoms with Gasteiger partial charge < -0.3 is 0 Å². The minimum Gasteiger partial charge on any atom is -0.289 e. The molecule has 3 rings (SSSR count). The summed E-state index contributed by atoms with van der Waals surface area (Å²) in [5, 5.41) is 0. The Morgan fingerprint density at radius 2 is 1.57 bits per heavy atom. The van der Waals surface area contributed by atoms with E-state index in [0.717, 1.165) is 22.3 Å². The van der Waals surface area contributed by atoms with Crippen molar-refractivity contribution in [1.29, 1.82) is 0 Å². The third-order valence-electron chi connectivity index (χ3n) is 4.01. The second-order valence-corrected chi connectivity index (χ2v) is 6.88. The Balaban J connectivity index is 2.09. The molecule has 2 aromatic carbocycles. The minimum absolute atomic E-state index is 0.0705. The Bertz CT molecular complexity index is 713. The van der Waals surface area contributed by atoms with Gasteiger partial charge in [-0.3, -0.25) is 4.79 Å². The molecule has 1 unspecified atom stereocenters. The smallest absolute Gasteiger partial charge is 0.190 e. The fourth-order valence-electron chi connectivity index (χ4n) is 2.92. The second kappa shape index (κ2) is 5.27. The van der Waals surface area contributed by atoms with Crippen molar-refractivity contribution in [2.45, 2.75) is 24.1 Å². The van der Waals surface area contributed by atoms with Crippen LogP contribution in [0.1, 0.15) is 40.2 Å². The molecule has 0 fully saturated rings. The fraction of sp³-hybridized carbons (Fsp3) is 0.211. The summed E-state index contributed by atoms with van der Waals surface area (Å²) in [6, 6.07) is 18.0. The summed E-state index contributed by atoms with van der Waals surface area (Å²) in [7, 11) is 0. The van der Waals surface area contributed by atoms with Crippen LogP contribution < -0.4 is 0 Å². The molecule has 2 aromatic rings. The summed E-state index contributed by atoms with van der Waals surface area (Å²) in [5.74, 6) is 0.121. The zero-order chi connectivity index (χ0) is 15.0. The molecule has 0 radical (unpaired) electrons. The van der Waals surface area contributed by atoms with E-state index in [4.69, 9.17) is 0 Å². The minimum atomic E-state index is -0.138. The highest BCUT2D eigenvalue weighted by molar-refractivity contribution is 9.09. The van der Waals surface area contributed by atoms with E-state index in [-0.39, 0.29) is 16.0 Å². The number of benzene rings is 2. The first kappa shape index (κ1) is 14.3. The topological polar surface area (TPSA) is 17.1 Å². The molecule has 0 N–H and O–H groups in total. The maximum Gasteiger partial charge on any atom is 0.190 e. The lowest BCUT2D eigenvalue weighted by molar-refractivity contribution is 0.102. The van der Waals surface area contributed by atoms with Crippen molar-refractivity contribution in [3.63, 3.8) is 0 Å². The number of hydrogen-bond acceptors (Lipinski definition) is 1. The Morgan fingerprint density at radius 1 is 0.952 bits per heavy atom. The first-order chi connectivity index (χ1) is 10.0. The molecule has 1 atom stereocenters. The SMILES string of the molecule is CC1(C)C=C(C(Br)c2ccccc2)C(=O)c2ccccc21. The number of fused-ring (bicyclic) bond motifs is 1. The van der Waals surface area contributed by atoms with Gasteiger partial charge in [0.1, 0.15) is 0 Å². The molecular weight excluding hydrogens is 324 g/mol. The zero-order valence-electron chi connectivity index (χ0n) is 12.1. The average Bonchev–Trinajstić information content (AvgIpc) is 2.51. The Labute approximate surface area is 133 Å². The molecule has 1 nitrogen and oxygen atoms in total. The normalized spacial score (nSPS) is 17.9. The van der Waals surface area contributed by atoms with E-state index in [1.165, 1.54) is 0 Å². The van der Waals surface area contributed by atoms with Crippen LogP contribution in [-0.2, 0) is 5.41 Å². The molecule has 0 bridgehead atoms. The number of alkyl halides is 1. The van der Waals surface area contributed by atoms with Crippen molar-refractivity contribution < 1.29 is 4.79 Å². The van der Waals surface area contributed by atoms with Gasteiger partial charge in [0.15, 0.2) is 5.78 Å². The van der Waals surface area contributed by atoms with Gasteiger partial charge in [-0.15, -0.1) is 0 Å². The average molecular weight is 341 g/mol. The van der Waals surface area contributed by atoms with Gasteiger partial charge in [-0.05, 0) is 11.1 Å². The summed E-state index contributed by atoms with van der Waals surface area (Å²) in [4.78, 5) is 12.8. The maximum absolute atomic E-state index is 12.8. The molecule has 2 heteroatoms. The van der Waals surface area contributed by atoms with Crippen molar-refractivity contribution in [3.8, 4) is 0 Å². The van der Waals surface area contributed by atoms with Crippen LogP contribution in [0, 0.1) is 0 Å². The van der Waals surface area contributed by atoms with Crippen molar-refractivity contribution in [1.82, 2.24) is 0 Å². The standard InChI is InChI=1S/C19H17BrO/c1-19(2)12-15(17(20)13-8-4-3-5-9-13)18(21)14-10-6-7-11-16(14)19/h3-12,17H,1-2H3. The van der Waals surface area contributed by atoms with Crippen molar-refractivity contribution in [2.75, 3.05) is 0 Å². The Morgan fingerprint density at radius 3 is 2.29 bits per heavy atom. The third-order valence-corrected chi connectivity index (χ3v) is 5.03. The summed E-state index contributed by atoms with van der Waals surface area (Å²) in [5.41, 5.74) is 3.71. The Kier molecular flexibility index (Phi) is 3.58. The number of carbonyl (C=O) groups is 1. The predicted molar refractivity (Wildman–Crippen MR) is 90.0 cm³/mol. The van der Waals surface area contributed by atoms with Crippen LogP contribution in [0.5, 0.6) is 0 Å². The third kappa shape index (κ3) is 2.49. The van der Waals surface area contributed by atoms with E-state index in [2.05, 4.69) is 35.9 Å². The molecule has 1 aliphatic carbocycles. The first-order valence-electron chi connectivity index (χ1n) is 7.07. The van der Waals surface area contributed by atoms with Crippen LogP contribution >= 0.6 is 15.9 Å². The second-order valence-electron chi connectivity index (χ2n) is 5.97. The highest BCUT2D eigenvalue weighted by Gasteiger charge is 2.34. The van der Waals surface area contributed by atoms with E-state index < -0.39 is 0 Å². The summed E-state index contributed by atoms with van der Waals surface area (Å²) < 4.78 is 0. The monoisotopic (exact) mass is 340 g/mol. The van der Waals surface area contributed by atoms with Gasteiger partial charge in [0.05, 0.1) is 4.83 Å². The van der Waals surface area contributed by atoms with Crippen molar-refractivity contribution in [2.24, 2.45) is 0 Å². The number of hydrogen-bond donors (Lipinski definition) is 0. The zero-order valence-corrected chi connectivity index (χ0v) is 13.7. The largest absolute Gasteiger partial charge is 0.289 e. The number of carbonyl (C=O) groups excluding carboxylic acids is 1. The number of Topliss-reactive ketones (excluding diaryl/α,β-unsaturated/α-hetero) is 1. The van der Waals surface area contributed by atoms with E-state index in [1.807, 2.05) is 54.6 Å². The molecule has 0 heterocycles. The van der Waals surface area contributed by atoms with E-state index >= 15 is 0 Å². The fourth-order valence-corrected chi connectivity index (χ4v) is 3.57. The molecular formula is C19H17BrO. The van der Waals surface area contributed by atoms with Gasteiger partial charge in [-0.1, -0.05) is 90.5 Å². The van der Waals surface area contributed by atoms with Crippen LogP contribution in [0.25, 0.3) is 0 Å². The molecule has 1 aliphatic rings. The van der Waals surface area contributed by atoms with Crippen LogP contribution in [0.4, 0.5) is 0 Å². The van der Waals surface area contributed by atoms with Crippen LogP contribution in [0.2, 0.25) is 0 Å². The van der Waals surface area contributed by atoms with Crippen molar-refractivity contribution in [3.05, 3.63) is 82.9 Å². The molecule has 0 aliphatic heterocycles. The van der Waals surface area contributed by atoms with Crippen LogP contribution in [0.15, 0.2) is 66.2 Å². The molecule has 0 spiro atoms. The lowest BCUT2D eigenvalue weighted by atomic mass is 9.73. The van der Waals surface area contributed by atoms with Gasteiger partial charge in [0, 0.05) is 16.6 Å². The number of rotatable bonds is 2. The van der Waals surface area contributed by atoms with Crippen molar-refractivity contribution >= 4 is 21.7 Å². The van der Waals surface area contributed by atoms with Gasteiger partial charge >= 0.3 is 0 Å². The molecule has 0 amide bonds. The summed E-state index contributed by atoms with van der Waals surface area (Å²) >= 11 is 3.70. The van der Waals surface area contributed by atoms with Gasteiger partial charge in [-0.2, -0.15) is 0 Å². The summed E-state index contributed by atoms with van der Waals surface area (Å²) in [6.07, 6.45) is 2.10. The van der Waals surface area contributed by atoms with E-state index in [0.29, 0.717) is 0 Å². The highest BCUT2D eigenvalue weighted by Crippen LogP contribution is 2.41. The quantitative estimate of drug-likeness (QED) is 0.684. The van der Waals surface area contributed by atoms with Crippen LogP contribution in [0.3, 0.4) is 0 Å². The Hall–Kier alpha value is -1.67. The van der Waals surface area contributed by atoms with E-state index in [9.17, 15) is 4.79 Å². The van der Waals surface area contributed by atoms with Gasteiger partial charge in [0.25, 0.3) is 0 Å². The summed E-state index contributed by atoms with van der Waals surface area (Å²) in [6.45, 7) is 4.31. The number of allylic oxidation sites excluding steroid dienone is 2. The van der Waals surface area contributed by atoms with Crippen LogP contribution in [-0.4, -0.2) is 5.78 Å². The lowest BCUT2D eigenvalue weighted by Gasteiger charge is -2.31. The predicted octanol–water partition coefficient (Wildman–Crippen LogP) is 5.22. The molecule has 0 saturated carbocycles. The maximum atomic E-state index is 12.8. The lowest BCUT2D eigenvalue weighted by Crippen LogP contribution is -2.27. The molecule has 0 saturated heterocycles. The molecule has 21 heavy (non-hydrogen) atoms. The number of ketones is 1. The highest BCUT2D eigenvalue weighted by atomic mass is 79.9. The first-order valence-corrected chi connectivity index (χ1v) is 7.98. The molecule has 0 aromatic heterocycles. The van der Waals surface area contributed by atoms with Gasteiger partial charge in [0.2, 0.25) is 0 Å². The van der Waals surface area contributed by atoms with E-state index in [1.54, 1.807) is 0 Å². The van der Waals surface area contributed by atoms with Gasteiger partial charge in [-0.25, -0.2) is 0 Å². The number of halogens is 1.